The highest BCUT2D eigenvalue weighted by atomic mass is 35.5. The average molecular weight is 567 g/mol. The fourth-order valence-corrected chi connectivity index (χ4v) is 3.52. The van der Waals surface area contributed by atoms with Crippen LogP contribution in [0.3, 0.4) is 0 Å². The van der Waals surface area contributed by atoms with E-state index in [1.807, 2.05) is 0 Å². The van der Waals surface area contributed by atoms with Gasteiger partial charge in [0.1, 0.15) is 6.04 Å². The molecule has 0 aromatic heterocycles. The molecule has 0 heterocycles. The van der Waals surface area contributed by atoms with Crippen molar-refractivity contribution in [2.24, 2.45) is 0 Å². The Hall–Kier alpha value is -1.66. The second kappa shape index (κ2) is 16.2. The van der Waals surface area contributed by atoms with Crippen LogP contribution < -0.4 is 22.9 Å². The minimum Gasteiger partial charge on any atom is -1.00 e. The van der Waals surface area contributed by atoms with Crippen LogP contribution in [0.4, 0.5) is 26.3 Å². The van der Waals surface area contributed by atoms with E-state index in [1.165, 1.54) is 24.3 Å². The number of rotatable bonds is 4. The maximum Gasteiger partial charge on any atom is 0.416 e. The van der Waals surface area contributed by atoms with Crippen molar-refractivity contribution in [3.8, 4) is 0 Å². The highest BCUT2D eigenvalue weighted by molar-refractivity contribution is 7.84. The Morgan fingerprint density at radius 3 is 1.44 bits per heavy atom. The molecule has 0 fully saturated rings. The van der Waals surface area contributed by atoms with Crippen molar-refractivity contribution in [1.82, 2.24) is 4.72 Å². The van der Waals surface area contributed by atoms with E-state index in [0.29, 0.717) is 0 Å². The number of quaternary nitrogens is 1. The summed E-state index contributed by atoms with van der Waals surface area (Å²) in [5, 5.41) is 7.00. The van der Waals surface area contributed by atoms with Crippen molar-refractivity contribution in [1.29, 1.82) is 0 Å². The number of benzene rings is 2. The zero-order chi connectivity index (χ0) is 26.9. The molecule has 3 atom stereocenters. The van der Waals surface area contributed by atoms with Crippen LogP contribution >= 0.6 is 0 Å². The molecule has 12 heteroatoms. The molecule has 0 bridgehead atoms. The van der Waals surface area contributed by atoms with E-state index < -0.39 is 45.3 Å². The molecule has 0 amide bonds. The van der Waals surface area contributed by atoms with E-state index in [0.717, 1.165) is 19.2 Å². The Kier molecular flexibility index (Phi) is 17.5. The standard InChI is InChI=1S/C13H18F3NOS.C9H10F3N.CH4O.CH4.ClH/c1-9(17-19(18)12(2,3)4)10-7-5-6-8-11(10)13(14,15)16;1-6(13)7-4-2-3-5-8(7)9(10,11)12;1-2;;/h5-9,17H,1-4H3;2-6H,13H2,1H3;2H,1H3;1H4;1H/t9-,19+;6-;;;/m00.../s1. The quantitative estimate of drug-likeness (QED) is 0.498. The number of hydrogen-bond acceptors (Lipinski definition) is 2. The van der Waals surface area contributed by atoms with Gasteiger partial charge in [0.2, 0.25) is 0 Å². The number of aliphatic hydroxyl groups excluding tert-OH is 1. The first kappa shape index (κ1) is 38.9. The summed E-state index contributed by atoms with van der Waals surface area (Å²) in [5.74, 6) is 0. The Balaban J connectivity index is -0.000000565. The second-order valence-electron chi connectivity index (χ2n) is 8.29. The number of nitrogens with one attached hydrogen (secondary N) is 1. The molecule has 2 aromatic rings. The predicted molar refractivity (Wildman–Crippen MR) is 129 cm³/mol. The molecule has 4 nitrogen and oxygen atoms in total. The molecule has 5 N–H and O–H groups in total. The van der Waals surface area contributed by atoms with Crippen molar-refractivity contribution in [3.63, 3.8) is 0 Å². The van der Waals surface area contributed by atoms with Crippen LogP contribution in [-0.2, 0) is 23.3 Å². The van der Waals surface area contributed by atoms with Gasteiger partial charge in [0.15, 0.2) is 0 Å². The molecule has 0 unspecified atom stereocenters. The van der Waals surface area contributed by atoms with Crippen LogP contribution in [0.5, 0.6) is 0 Å². The Bertz CT molecular complexity index is 916. The van der Waals surface area contributed by atoms with Crippen LogP contribution in [-0.4, -0.2) is 21.2 Å². The van der Waals surface area contributed by atoms with Crippen LogP contribution in [0, 0.1) is 0 Å². The summed E-state index contributed by atoms with van der Waals surface area (Å²) in [6.07, 6.45) is -8.68. The maximum atomic E-state index is 12.9. The summed E-state index contributed by atoms with van der Waals surface area (Å²) in [6, 6.07) is 9.85. The van der Waals surface area contributed by atoms with Gasteiger partial charge in [-0.05, 0) is 52.3 Å². The topological polar surface area (TPSA) is 77.0 Å². The van der Waals surface area contributed by atoms with Crippen LogP contribution in [0.15, 0.2) is 48.5 Å². The lowest BCUT2D eigenvalue weighted by atomic mass is 10.0. The third-order valence-electron chi connectivity index (χ3n) is 4.37. The fraction of sp³-hybridized carbons (Fsp3) is 0.500. The highest BCUT2D eigenvalue weighted by Crippen LogP contribution is 2.35. The van der Waals surface area contributed by atoms with Gasteiger partial charge in [-0.25, -0.2) is 8.93 Å². The van der Waals surface area contributed by atoms with Gasteiger partial charge in [-0.3, -0.25) is 0 Å². The lowest BCUT2D eigenvalue weighted by Gasteiger charge is -2.24. The summed E-state index contributed by atoms with van der Waals surface area (Å²) in [7, 11) is -0.420. The van der Waals surface area contributed by atoms with Crippen LogP contribution in [0.25, 0.3) is 0 Å². The monoisotopic (exact) mass is 566 g/mol. The zero-order valence-corrected chi connectivity index (χ0v) is 22.0. The minimum absolute atomic E-state index is 0. The molecule has 0 spiro atoms. The molecule has 210 valence electrons. The van der Waals surface area contributed by atoms with E-state index in [-0.39, 0.29) is 37.0 Å². The van der Waals surface area contributed by atoms with Crippen molar-refractivity contribution in [2.75, 3.05) is 7.11 Å². The van der Waals surface area contributed by atoms with E-state index in [2.05, 4.69) is 10.5 Å². The SMILES string of the molecule is C.CO.C[C@H](N[S@](=O)C(C)(C)C)c1ccccc1C(F)(F)F.C[C@H]([NH3+])c1ccccc1C(F)(F)F.[Cl-]. The van der Waals surface area contributed by atoms with Gasteiger partial charge < -0.3 is 23.2 Å². The third kappa shape index (κ3) is 12.5. The molecule has 36 heavy (non-hydrogen) atoms. The summed E-state index contributed by atoms with van der Waals surface area (Å²) < 4.78 is 89.9. The summed E-state index contributed by atoms with van der Waals surface area (Å²) in [6.45, 7) is 8.51. The molecule has 0 aliphatic heterocycles. The summed E-state index contributed by atoms with van der Waals surface area (Å²) >= 11 is 0. The highest BCUT2D eigenvalue weighted by Gasteiger charge is 2.35. The second-order valence-corrected chi connectivity index (χ2v) is 10.3. The molecule has 0 saturated heterocycles. The third-order valence-corrected chi connectivity index (χ3v) is 6.05. The molecular weight excluding hydrogens is 530 g/mol. The van der Waals surface area contributed by atoms with Gasteiger partial charge in [-0.1, -0.05) is 43.8 Å². The van der Waals surface area contributed by atoms with Gasteiger partial charge in [-0.15, -0.1) is 0 Å². The Morgan fingerprint density at radius 2 is 1.14 bits per heavy atom. The van der Waals surface area contributed by atoms with Crippen molar-refractivity contribution in [2.45, 2.75) is 71.2 Å². The number of hydrogen-bond donors (Lipinski definition) is 3. The number of alkyl halides is 6. The number of halogens is 7. The molecule has 0 radical (unpaired) electrons. The largest absolute Gasteiger partial charge is 1.00 e. The lowest BCUT2D eigenvalue weighted by Crippen LogP contribution is -3.00. The van der Waals surface area contributed by atoms with E-state index >= 15 is 0 Å². The predicted octanol–water partition coefficient (Wildman–Crippen LogP) is 3.08. The normalized spacial score (nSPS) is 13.8. The lowest BCUT2D eigenvalue weighted by molar-refractivity contribution is -0.421. The van der Waals surface area contributed by atoms with Crippen molar-refractivity contribution < 1.29 is 53.8 Å². The van der Waals surface area contributed by atoms with Crippen LogP contribution in [0.2, 0.25) is 0 Å². The van der Waals surface area contributed by atoms with Gasteiger partial charge in [0, 0.05) is 18.7 Å². The minimum atomic E-state index is -4.41. The Morgan fingerprint density at radius 1 is 0.806 bits per heavy atom. The molecule has 0 aliphatic rings. The van der Waals surface area contributed by atoms with Crippen molar-refractivity contribution in [3.05, 3.63) is 70.8 Å². The van der Waals surface area contributed by atoms with Crippen molar-refractivity contribution >= 4 is 11.0 Å². The Labute approximate surface area is 218 Å². The average Bonchev–Trinajstić information content (AvgIpc) is 2.73. The van der Waals surface area contributed by atoms with Gasteiger partial charge in [-0.2, -0.15) is 26.3 Å². The molecule has 0 aliphatic carbocycles. The number of aliphatic hydroxyl groups is 1. The van der Waals surface area contributed by atoms with Gasteiger partial charge >= 0.3 is 12.4 Å². The fourth-order valence-electron chi connectivity index (χ4n) is 2.72. The first-order chi connectivity index (χ1) is 15.5. The molecular formula is C24H37ClF6N2O2S. The van der Waals surface area contributed by atoms with Gasteiger partial charge in [0.25, 0.3) is 0 Å². The van der Waals surface area contributed by atoms with E-state index in [4.69, 9.17) is 5.11 Å². The first-order valence-electron chi connectivity index (χ1n) is 10.2. The summed E-state index contributed by atoms with van der Waals surface area (Å²) in [4.78, 5) is 0. The molecule has 2 aromatic carbocycles. The molecule has 2 rings (SSSR count). The van der Waals surface area contributed by atoms with Crippen LogP contribution in [0.1, 0.15) is 76.4 Å². The zero-order valence-electron chi connectivity index (χ0n) is 20.4. The van der Waals surface area contributed by atoms with E-state index in [9.17, 15) is 30.6 Å². The first-order valence-corrected chi connectivity index (χ1v) is 11.4. The van der Waals surface area contributed by atoms with Gasteiger partial charge in [0.05, 0.1) is 26.9 Å². The van der Waals surface area contributed by atoms with E-state index in [1.54, 1.807) is 46.8 Å². The smallest absolute Gasteiger partial charge is 0.416 e. The maximum absolute atomic E-state index is 12.9. The molecule has 0 saturated carbocycles. The summed E-state index contributed by atoms with van der Waals surface area (Å²) in [5.41, 5.74) is 2.65.